The lowest BCUT2D eigenvalue weighted by Gasteiger charge is -2.35. The Morgan fingerprint density at radius 2 is 2.21 bits per heavy atom. The minimum absolute atomic E-state index is 0.266. The summed E-state index contributed by atoms with van der Waals surface area (Å²) in [4.78, 5) is 9.00. The minimum Gasteiger partial charge on any atom is -0.390 e. The van der Waals surface area contributed by atoms with E-state index in [1.165, 1.54) is 0 Å². The largest absolute Gasteiger partial charge is 0.390 e. The van der Waals surface area contributed by atoms with Crippen molar-refractivity contribution in [3.8, 4) is 0 Å². The SMILES string of the molecule is CCCNCC(O)CN1CCN(c2nccs2)CC1. The molecule has 0 saturated carbocycles. The van der Waals surface area contributed by atoms with Gasteiger partial charge in [0, 0.05) is 50.8 Å². The number of hydrogen-bond acceptors (Lipinski definition) is 6. The number of anilines is 1. The maximum Gasteiger partial charge on any atom is 0.185 e. The van der Waals surface area contributed by atoms with Gasteiger partial charge < -0.3 is 15.3 Å². The molecule has 2 heterocycles. The van der Waals surface area contributed by atoms with Crippen molar-refractivity contribution in [2.24, 2.45) is 0 Å². The van der Waals surface area contributed by atoms with E-state index in [0.29, 0.717) is 6.54 Å². The topological polar surface area (TPSA) is 51.6 Å². The van der Waals surface area contributed by atoms with Gasteiger partial charge in [0.15, 0.2) is 5.13 Å². The molecular weight excluding hydrogens is 260 g/mol. The fourth-order valence-corrected chi connectivity index (χ4v) is 3.00. The maximum atomic E-state index is 9.95. The molecule has 1 aliphatic heterocycles. The molecule has 1 fully saturated rings. The summed E-state index contributed by atoms with van der Waals surface area (Å²) in [6, 6.07) is 0. The monoisotopic (exact) mass is 284 g/mol. The van der Waals surface area contributed by atoms with Crippen LogP contribution in [0.5, 0.6) is 0 Å². The van der Waals surface area contributed by atoms with Gasteiger partial charge in [-0.05, 0) is 13.0 Å². The summed E-state index contributed by atoms with van der Waals surface area (Å²) in [5.74, 6) is 0. The molecule has 1 atom stereocenters. The van der Waals surface area contributed by atoms with Gasteiger partial charge in [0.1, 0.15) is 0 Å². The molecule has 19 heavy (non-hydrogen) atoms. The second-order valence-electron chi connectivity index (χ2n) is 4.96. The van der Waals surface area contributed by atoms with Gasteiger partial charge in [-0.3, -0.25) is 4.90 Å². The van der Waals surface area contributed by atoms with Crippen LogP contribution in [0.1, 0.15) is 13.3 Å². The first-order valence-electron chi connectivity index (χ1n) is 7.05. The van der Waals surface area contributed by atoms with E-state index in [-0.39, 0.29) is 6.10 Å². The molecule has 0 spiro atoms. The van der Waals surface area contributed by atoms with E-state index >= 15 is 0 Å². The maximum absolute atomic E-state index is 9.95. The molecule has 1 saturated heterocycles. The van der Waals surface area contributed by atoms with Crippen molar-refractivity contribution in [2.75, 3.05) is 50.7 Å². The van der Waals surface area contributed by atoms with E-state index in [9.17, 15) is 5.11 Å². The highest BCUT2D eigenvalue weighted by Gasteiger charge is 2.20. The van der Waals surface area contributed by atoms with Crippen LogP contribution in [0, 0.1) is 0 Å². The third-order valence-electron chi connectivity index (χ3n) is 3.34. The molecule has 0 aromatic carbocycles. The van der Waals surface area contributed by atoms with Crippen molar-refractivity contribution < 1.29 is 5.11 Å². The molecule has 108 valence electrons. The van der Waals surface area contributed by atoms with Crippen molar-refractivity contribution in [3.05, 3.63) is 11.6 Å². The summed E-state index contributed by atoms with van der Waals surface area (Å²) in [6.07, 6.45) is 2.70. The van der Waals surface area contributed by atoms with Crippen molar-refractivity contribution >= 4 is 16.5 Å². The number of piperazine rings is 1. The number of aliphatic hydroxyl groups excluding tert-OH is 1. The third-order valence-corrected chi connectivity index (χ3v) is 4.17. The average molecular weight is 284 g/mol. The Kier molecular flexibility index (Phi) is 6.03. The lowest BCUT2D eigenvalue weighted by Crippen LogP contribution is -2.49. The first kappa shape index (κ1) is 14.7. The quantitative estimate of drug-likeness (QED) is 0.719. The number of thiazole rings is 1. The Morgan fingerprint density at radius 1 is 1.42 bits per heavy atom. The standard InChI is InChI=1S/C13H24N4OS/c1-2-3-14-10-12(18)11-16-5-7-17(8-6-16)13-15-4-9-19-13/h4,9,12,14,18H,2-3,5-8,10-11H2,1H3. The van der Waals surface area contributed by atoms with Crippen molar-refractivity contribution in [1.29, 1.82) is 0 Å². The Morgan fingerprint density at radius 3 is 2.84 bits per heavy atom. The first-order chi connectivity index (χ1) is 9.29. The van der Waals surface area contributed by atoms with Gasteiger partial charge in [-0.15, -0.1) is 11.3 Å². The van der Waals surface area contributed by atoms with Crippen molar-refractivity contribution in [1.82, 2.24) is 15.2 Å². The molecule has 1 aromatic heterocycles. The predicted octanol–water partition coefficient (Wildman–Crippen LogP) is 0.626. The average Bonchev–Trinajstić information content (AvgIpc) is 2.94. The number of nitrogens with zero attached hydrogens (tertiary/aromatic N) is 3. The Labute approximate surface area is 119 Å². The summed E-state index contributed by atoms with van der Waals surface area (Å²) >= 11 is 1.70. The molecule has 2 N–H and O–H groups in total. The molecule has 1 aliphatic rings. The highest BCUT2D eigenvalue weighted by atomic mass is 32.1. The number of hydrogen-bond donors (Lipinski definition) is 2. The lowest BCUT2D eigenvalue weighted by molar-refractivity contribution is 0.108. The molecule has 0 radical (unpaired) electrons. The van der Waals surface area contributed by atoms with E-state index < -0.39 is 0 Å². The third kappa shape index (κ3) is 4.72. The molecule has 1 aromatic rings. The van der Waals surface area contributed by atoms with Crippen molar-refractivity contribution in [3.63, 3.8) is 0 Å². The van der Waals surface area contributed by atoms with Crippen LogP contribution in [0.3, 0.4) is 0 Å². The van der Waals surface area contributed by atoms with E-state index in [4.69, 9.17) is 0 Å². The molecule has 0 aliphatic carbocycles. The Hall–Kier alpha value is -0.690. The van der Waals surface area contributed by atoms with Gasteiger partial charge in [-0.2, -0.15) is 0 Å². The van der Waals surface area contributed by atoms with Gasteiger partial charge in [0.25, 0.3) is 0 Å². The van der Waals surface area contributed by atoms with Crippen LogP contribution >= 0.6 is 11.3 Å². The minimum atomic E-state index is -0.266. The summed E-state index contributed by atoms with van der Waals surface area (Å²) in [7, 11) is 0. The highest BCUT2D eigenvalue weighted by Crippen LogP contribution is 2.18. The molecule has 2 rings (SSSR count). The highest BCUT2D eigenvalue weighted by molar-refractivity contribution is 7.13. The van der Waals surface area contributed by atoms with Gasteiger partial charge in [0.2, 0.25) is 0 Å². The zero-order chi connectivity index (χ0) is 13.5. The summed E-state index contributed by atoms with van der Waals surface area (Å²) < 4.78 is 0. The van der Waals surface area contributed by atoms with Crippen LogP contribution in [0.4, 0.5) is 5.13 Å². The van der Waals surface area contributed by atoms with E-state index in [1.54, 1.807) is 11.3 Å². The van der Waals surface area contributed by atoms with Gasteiger partial charge in [-0.25, -0.2) is 4.98 Å². The normalized spacial score (nSPS) is 18.7. The Bertz CT molecular complexity index is 338. The molecule has 1 unspecified atom stereocenters. The second kappa shape index (κ2) is 7.79. The van der Waals surface area contributed by atoms with E-state index in [2.05, 4.69) is 27.0 Å². The number of β-amino-alcohol motifs (C(OH)–C–C–N with tert-alkyl or cyclic N) is 1. The summed E-state index contributed by atoms with van der Waals surface area (Å²) in [6.45, 7) is 8.59. The van der Waals surface area contributed by atoms with Crippen LogP contribution in [0.2, 0.25) is 0 Å². The fourth-order valence-electron chi connectivity index (χ4n) is 2.30. The lowest BCUT2D eigenvalue weighted by atomic mass is 10.2. The number of aliphatic hydroxyl groups is 1. The predicted molar refractivity (Wildman–Crippen MR) is 79.9 cm³/mol. The summed E-state index contributed by atoms with van der Waals surface area (Å²) in [5.41, 5.74) is 0. The zero-order valence-corrected chi connectivity index (χ0v) is 12.4. The molecule has 6 heteroatoms. The van der Waals surface area contributed by atoms with Crippen molar-refractivity contribution in [2.45, 2.75) is 19.4 Å². The van der Waals surface area contributed by atoms with Crippen LogP contribution in [0.15, 0.2) is 11.6 Å². The van der Waals surface area contributed by atoms with Gasteiger partial charge >= 0.3 is 0 Å². The van der Waals surface area contributed by atoms with Crippen LogP contribution < -0.4 is 10.2 Å². The fraction of sp³-hybridized carbons (Fsp3) is 0.769. The van der Waals surface area contributed by atoms with Gasteiger partial charge in [-0.1, -0.05) is 6.92 Å². The number of nitrogens with one attached hydrogen (secondary N) is 1. The zero-order valence-electron chi connectivity index (χ0n) is 11.6. The van der Waals surface area contributed by atoms with E-state index in [1.807, 2.05) is 11.6 Å². The van der Waals surface area contributed by atoms with Crippen LogP contribution in [-0.4, -0.2) is 66.9 Å². The van der Waals surface area contributed by atoms with Gasteiger partial charge in [0.05, 0.1) is 6.10 Å². The van der Waals surface area contributed by atoms with E-state index in [0.717, 1.165) is 50.8 Å². The smallest absolute Gasteiger partial charge is 0.185 e. The first-order valence-corrected chi connectivity index (χ1v) is 7.93. The molecular formula is C13H24N4OS. The summed E-state index contributed by atoms with van der Waals surface area (Å²) in [5, 5.41) is 16.3. The van der Waals surface area contributed by atoms with Crippen LogP contribution in [-0.2, 0) is 0 Å². The second-order valence-corrected chi connectivity index (χ2v) is 5.83. The van der Waals surface area contributed by atoms with Crippen LogP contribution in [0.25, 0.3) is 0 Å². The molecule has 5 nitrogen and oxygen atoms in total. The molecule has 0 bridgehead atoms. The number of rotatable bonds is 7. The molecule has 0 amide bonds. The number of aromatic nitrogens is 1. The Balaban J connectivity index is 1.66.